The molecule has 1 aliphatic rings. The van der Waals surface area contributed by atoms with Crippen molar-refractivity contribution in [1.82, 2.24) is 18.8 Å². The molecule has 0 radical (unpaired) electrons. The van der Waals surface area contributed by atoms with Crippen molar-refractivity contribution >= 4 is 26.8 Å². The Labute approximate surface area is 213 Å². The number of benzene rings is 1. The maximum Gasteiger partial charge on any atom is 0.211 e. The minimum Gasteiger partial charge on any atom is -0.312 e. The Morgan fingerprint density at radius 2 is 1.86 bits per heavy atom. The Balaban J connectivity index is 1.76. The number of hydrogen-bond acceptors (Lipinski definition) is 6. The van der Waals surface area contributed by atoms with Crippen LogP contribution in [0, 0.1) is 18.3 Å². The molecule has 3 aromatic rings. The molecular weight excluding hydrogens is 474 g/mol. The molecule has 0 aliphatic carbocycles. The first-order valence-corrected chi connectivity index (χ1v) is 14.3. The number of rotatable bonds is 9. The van der Waals surface area contributed by atoms with Crippen LogP contribution in [0.1, 0.15) is 53.4 Å². The number of fused-ring (bicyclic) bond motifs is 1. The Bertz CT molecular complexity index is 1400. The first-order chi connectivity index (χ1) is 17.2. The molecule has 8 nitrogen and oxygen atoms in total. The third-order valence-electron chi connectivity index (χ3n) is 6.92. The second-order valence-electron chi connectivity index (χ2n) is 9.43. The number of nitrogens with zero attached hydrogens (tertiary/aromatic N) is 5. The molecule has 0 N–H and O–H groups in total. The summed E-state index contributed by atoms with van der Waals surface area (Å²) in [5, 5.41) is 9.21. The van der Waals surface area contributed by atoms with Crippen molar-refractivity contribution < 1.29 is 13.2 Å². The van der Waals surface area contributed by atoms with Gasteiger partial charge >= 0.3 is 0 Å². The Hall–Kier alpha value is -3.06. The molecule has 0 bridgehead atoms. The van der Waals surface area contributed by atoms with Crippen LogP contribution in [-0.4, -0.2) is 71.9 Å². The van der Waals surface area contributed by atoms with Crippen molar-refractivity contribution in [2.24, 2.45) is 0 Å². The van der Waals surface area contributed by atoms with E-state index in [0.717, 1.165) is 48.4 Å². The molecule has 0 spiro atoms. The molecule has 1 aliphatic heterocycles. The van der Waals surface area contributed by atoms with Gasteiger partial charge in [-0.3, -0.25) is 14.7 Å². The van der Waals surface area contributed by atoms with Gasteiger partial charge in [-0.15, -0.1) is 0 Å². The fourth-order valence-electron chi connectivity index (χ4n) is 5.02. The van der Waals surface area contributed by atoms with E-state index in [1.165, 1.54) is 17.0 Å². The molecule has 4 rings (SSSR count). The van der Waals surface area contributed by atoms with E-state index >= 15 is 0 Å². The summed E-state index contributed by atoms with van der Waals surface area (Å²) in [5.74, 6) is 0.0567. The average Bonchev–Trinajstić information content (AvgIpc) is 3.15. The lowest BCUT2D eigenvalue weighted by Crippen LogP contribution is -2.34. The van der Waals surface area contributed by atoms with Gasteiger partial charge in [0.1, 0.15) is 0 Å². The summed E-state index contributed by atoms with van der Waals surface area (Å²) >= 11 is 0. The topological polar surface area (TPSA) is 99.3 Å². The van der Waals surface area contributed by atoms with Gasteiger partial charge in [0.15, 0.2) is 5.78 Å². The van der Waals surface area contributed by atoms with Gasteiger partial charge < -0.3 is 4.57 Å². The van der Waals surface area contributed by atoms with Crippen LogP contribution >= 0.6 is 0 Å². The number of aromatic nitrogens is 2. The summed E-state index contributed by atoms with van der Waals surface area (Å²) in [4.78, 5) is 20.5. The predicted molar refractivity (Wildman–Crippen MR) is 141 cm³/mol. The summed E-state index contributed by atoms with van der Waals surface area (Å²) in [5.41, 5.74) is 5.20. The number of sulfonamides is 1. The highest BCUT2D eigenvalue weighted by Crippen LogP contribution is 2.30. The largest absolute Gasteiger partial charge is 0.312 e. The first kappa shape index (κ1) is 26.0. The van der Waals surface area contributed by atoms with Crippen molar-refractivity contribution in [3.05, 3.63) is 58.9 Å². The number of carbonyl (C=O) groups excluding carboxylic acids is 1. The van der Waals surface area contributed by atoms with Crippen molar-refractivity contribution in [3.63, 3.8) is 0 Å². The van der Waals surface area contributed by atoms with Crippen LogP contribution in [-0.2, 0) is 16.4 Å². The average molecular weight is 508 g/mol. The number of ketones is 1. The number of Topliss-reactive ketones (excluding diaryl/α,β-unsaturated/α-hetero) is 1. The van der Waals surface area contributed by atoms with Crippen LogP contribution in [0.2, 0.25) is 0 Å². The second-order valence-corrected chi connectivity index (χ2v) is 11.4. The van der Waals surface area contributed by atoms with Gasteiger partial charge in [-0.1, -0.05) is 13.3 Å². The lowest BCUT2D eigenvalue weighted by molar-refractivity contribution is 0.0916. The molecule has 2 aromatic heterocycles. The highest BCUT2D eigenvalue weighted by molar-refractivity contribution is 7.88. The van der Waals surface area contributed by atoms with E-state index in [2.05, 4.69) is 11.0 Å². The molecule has 0 atom stereocenters. The van der Waals surface area contributed by atoms with E-state index in [0.29, 0.717) is 42.7 Å². The van der Waals surface area contributed by atoms with Crippen LogP contribution in [0.3, 0.4) is 0 Å². The number of piperidine rings is 1. The van der Waals surface area contributed by atoms with Crippen molar-refractivity contribution in [3.8, 4) is 11.8 Å². The zero-order valence-electron chi connectivity index (χ0n) is 21.2. The number of likely N-dealkylation sites (N-methyl/N-ethyl adjacent to an activating group) is 1. The predicted octanol–water partition coefficient (Wildman–Crippen LogP) is 3.70. The molecule has 3 heterocycles. The van der Waals surface area contributed by atoms with Crippen molar-refractivity contribution in [1.29, 1.82) is 5.26 Å². The standard InChI is InChI=1S/C27H33N5O3S/c1-4-31(36(3,34)35)15-12-22-16-24-27(29-18-22)26(25(33)19-30-13-6-5-7-14-30)20(2)32(24)23-10-8-21(17-28)9-11-23/h8-11,16,18H,4-7,12-15,19H2,1-3H3. The lowest BCUT2D eigenvalue weighted by Gasteiger charge is -2.25. The summed E-state index contributed by atoms with van der Waals surface area (Å²) in [6.45, 7) is 6.77. The van der Waals surface area contributed by atoms with E-state index in [1.807, 2.05) is 36.6 Å². The van der Waals surface area contributed by atoms with E-state index in [9.17, 15) is 18.5 Å². The zero-order chi connectivity index (χ0) is 25.9. The number of likely N-dealkylation sites (tertiary alicyclic amines) is 1. The molecule has 0 amide bonds. The molecule has 0 saturated carbocycles. The van der Waals surface area contributed by atoms with Crippen molar-refractivity contribution in [2.45, 2.75) is 39.5 Å². The van der Waals surface area contributed by atoms with Gasteiger partial charge in [-0.2, -0.15) is 5.26 Å². The van der Waals surface area contributed by atoms with Gasteiger partial charge in [0.2, 0.25) is 10.0 Å². The third-order valence-corrected chi connectivity index (χ3v) is 8.30. The lowest BCUT2D eigenvalue weighted by atomic mass is 10.1. The molecule has 190 valence electrons. The fourth-order valence-corrected chi connectivity index (χ4v) is 5.91. The van der Waals surface area contributed by atoms with Crippen LogP contribution in [0.15, 0.2) is 36.5 Å². The second kappa shape index (κ2) is 10.9. The normalized spacial score (nSPS) is 14.9. The van der Waals surface area contributed by atoms with E-state index in [1.54, 1.807) is 18.3 Å². The smallest absolute Gasteiger partial charge is 0.211 e. The summed E-state index contributed by atoms with van der Waals surface area (Å²) in [7, 11) is -3.28. The molecule has 9 heteroatoms. The maximum absolute atomic E-state index is 13.5. The molecule has 1 fully saturated rings. The Morgan fingerprint density at radius 3 is 2.47 bits per heavy atom. The van der Waals surface area contributed by atoms with Crippen molar-refractivity contribution in [2.75, 3.05) is 39.0 Å². The van der Waals surface area contributed by atoms with Gasteiger partial charge in [0.05, 0.1) is 41.0 Å². The summed E-state index contributed by atoms with van der Waals surface area (Å²) < 4.78 is 27.5. The SMILES string of the molecule is CCN(CCc1cnc2c(C(=O)CN3CCCCC3)c(C)n(-c3ccc(C#N)cc3)c2c1)S(C)(=O)=O. The van der Waals surface area contributed by atoms with Gasteiger partial charge in [-0.05, 0) is 75.2 Å². The van der Waals surface area contributed by atoms with Crippen LogP contribution in [0.5, 0.6) is 0 Å². The Morgan fingerprint density at radius 1 is 1.17 bits per heavy atom. The number of carbonyl (C=O) groups is 1. The van der Waals surface area contributed by atoms with E-state index in [4.69, 9.17) is 4.98 Å². The van der Waals surface area contributed by atoms with Crippen LogP contribution in [0.4, 0.5) is 0 Å². The number of nitriles is 1. The van der Waals surface area contributed by atoms with Gasteiger partial charge in [0.25, 0.3) is 0 Å². The van der Waals surface area contributed by atoms with Crippen LogP contribution < -0.4 is 0 Å². The quantitative estimate of drug-likeness (QED) is 0.410. The minimum absolute atomic E-state index is 0.0567. The molecule has 0 unspecified atom stereocenters. The molecule has 1 aromatic carbocycles. The third kappa shape index (κ3) is 5.51. The highest BCUT2D eigenvalue weighted by atomic mass is 32.2. The monoisotopic (exact) mass is 507 g/mol. The summed E-state index contributed by atoms with van der Waals surface area (Å²) in [6.07, 6.45) is 6.92. The fraction of sp³-hybridized carbons (Fsp3) is 0.444. The van der Waals surface area contributed by atoms with E-state index < -0.39 is 10.0 Å². The maximum atomic E-state index is 13.5. The summed E-state index contributed by atoms with van der Waals surface area (Å²) in [6, 6.07) is 11.4. The molecule has 1 saturated heterocycles. The zero-order valence-corrected chi connectivity index (χ0v) is 22.0. The number of pyridine rings is 1. The van der Waals surface area contributed by atoms with E-state index in [-0.39, 0.29) is 5.78 Å². The minimum atomic E-state index is -3.28. The molecular formula is C27H33N5O3S. The Kier molecular flexibility index (Phi) is 7.88. The van der Waals surface area contributed by atoms with Gasteiger partial charge in [-0.25, -0.2) is 12.7 Å². The van der Waals surface area contributed by atoms with Gasteiger partial charge in [0, 0.05) is 30.7 Å². The van der Waals surface area contributed by atoms with Crippen LogP contribution in [0.25, 0.3) is 16.7 Å². The first-order valence-electron chi connectivity index (χ1n) is 12.4. The highest BCUT2D eigenvalue weighted by Gasteiger charge is 2.25. The molecule has 36 heavy (non-hydrogen) atoms. The number of hydrogen-bond donors (Lipinski definition) is 0.